The molecule has 0 bridgehead atoms. The molecule has 2 atom stereocenters. The molecule has 0 radical (unpaired) electrons. The minimum absolute atomic E-state index is 0.106. The van der Waals surface area contributed by atoms with Crippen molar-refractivity contribution < 1.29 is 9.59 Å². The second-order valence-corrected chi connectivity index (χ2v) is 7.98. The van der Waals surface area contributed by atoms with E-state index in [2.05, 4.69) is 45.9 Å². The summed E-state index contributed by atoms with van der Waals surface area (Å²) in [6.45, 7) is 8.96. The molecule has 1 aromatic carbocycles. The lowest BCUT2D eigenvalue weighted by atomic mass is 9.86. The number of carbonyl (C=O) groups is 2. The second kappa shape index (κ2) is 6.54. The Balaban J connectivity index is 2.02. The number of carbonyl (C=O) groups excluding carboxylic acids is 2. The number of hydrogen-bond donors (Lipinski definition) is 0. The summed E-state index contributed by atoms with van der Waals surface area (Å²) >= 11 is 0. The zero-order chi connectivity index (χ0) is 17.4. The van der Waals surface area contributed by atoms with Gasteiger partial charge in [-0.3, -0.25) is 14.5 Å². The summed E-state index contributed by atoms with van der Waals surface area (Å²) in [5.74, 6) is 1.27. The Morgan fingerprint density at radius 1 is 1.04 bits per heavy atom. The molecule has 1 aliphatic carbocycles. The number of nitrogens with zero attached hydrogens (tertiary/aromatic N) is 1. The van der Waals surface area contributed by atoms with E-state index in [1.54, 1.807) is 0 Å². The van der Waals surface area contributed by atoms with Crippen molar-refractivity contribution in [2.24, 2.45) is 11.8 Å². The van der Waals surface area contributed by atoms with Gasteiger partial charge in [-0.25, -0.2) is 0 Å². The highest BCUT2D eigenvalue weighted by molar-refractivity contribution is 6.13. The average molecular weight is 325 g/mol. The molecule has 0 spiro atoms. The molecule has 0 N–H and O–H groups in total. The number of rotatable bonds is 5. The first kappa shape index (κ1) is 16.9. The summed E-state index contributed by atoms with van der Waals surface area (Å²) in [4.78, 5) is 25.8. The van der Waals surface area contributed by atoms with E-state index >= 15 is 0 Å². The van der Waals surface area contributed by atoms with E-state index in [0.717, 1.165) is 19.3 Å². The first-order chi connectivity index (χ1) is 11.4. The van der Waals surface area contributed by atoms with Crippen LogP contribution in [-0.2, 0) is 16.0 Å². The molecule has 3 heteroatoms. The van der Waals surface area contributed by atoms with E-state index in [4.69, 9.17) is 0 Å². The van der Waals surface area contributed by atoms with Crippen molar-refractivity contribution in [1.29, 1.82) is 0 Å². The van der Waals surface area contributed by atoms with Gasteiger partial charge in [0.25, 0.3) is 11.8 Å². The molecular formula is C21H27NO2. The molecule has 3 nitrogen and oxygen atoms in total. The summed E-state index contributed by atoms with van der Waals surface area (Å²) in [5, 5.41) is 0. The summed E-state index contributed by atoms with van der Waals surface area (Å²) in [6.07, 6.45) is 5.81. The molecule has 0 unspecified atom stereocenters. The topological polar surface area (TPSA) is 37.4 Å². The Morgan fingerprint density at radius 3 is 2.29 bits per heavy atom. The third-order valence-electron chi connectivity index (χ3n) is 5.04. The van der Waals surface area contributed by atoms with Gasteiger partial charge in [-0.15, -0.1) is 0 Å². The van der Waals surface area contributed by atoms with Gasteiger partial charge < -0.3 is 0 Å². The van der Waals surface area contributed by atoms with Crippen LogP contribution in [0.3, 0.4) is 0 Å². The van der Waals surface area contributed by atoms with Crippen molar-refractivity contribution >= 4 is 11.8 Å². The molecular weight excluding hydrogens is 298 g/mol. The molecule has 3 rings (SSSR count). The van der Waals surface area contributed by atoms with E-state index in [1.807, 2.05) is 0 Å². The maximum atomic E-state index is 12.2. The molecule has 128 valence electrons. The van der Waals surface area contributed by atoms with Crippen LogP contribution in [0.15, 0.2) is 30.4 Å². The normalized spacial score (nSPS) is 23.0. The molecule has 0 saturated heterocycles. The minimum atomic E-state index is -0.171. The van der Waals surface area contributed by atoms with Crippen LogP contribution in [0, 0.1) is 11.8 Å². The molecule has 24 heavy (non-hydrogen) atoms. The van der Waals surface area contributed by atoms with Crippen LogP contribution < -0.4 is 0 Å². The molecule has 1 heterocycles. The van der Waals surface area contributed by atoms with Gasteiger partial charge in [-0.2, -0.15) is 0 Å². The number of benzene rings is 1. The molecule has 2 amide bonds. The van der Waals surface area contributed by atoms with Crippen molar-refractivity contribution in [3.63, 3.8) is 0 Å². The minimum Gasteiger partial charge on any atom is -0.269 e. The zero-order valence-electron chi connectivity index (χ0n) is 15.1. The molecule has 1 aromatic rings. The van der Waals surface area contributed by atoms with Gasteiger partial charge in [-0.1, -0.05) is 45.9 Å². The maximum absolute atomic E-state index is 12.2. The van der Waals surface area contributed by atoms with Crippen molar-refractivity contribution in [3.05, 3.63) is 47.0 Å². The quantitative estimate of drug-likeness (QED) is 0.753. The van der Waals surface area contributed by atoms with Crippen LogP contribution in [0.5, 0.6) is 0 Å². The highest BCUT2D eigenvalue weighted by atomic mass is 16.2. The summed E-state index contributed by atoms with van der Waals surface area (Å²) in [5.41, 5.74) is 3.98. The number of amides is 2. The lowest BCUT2D eigenvalue weighted by Gasteiger charge is -2.23. The van der Waals surface area contributed by atoms with E-state index in [1.165, 1.54) is 33.7 Å². The van der Waals surface area contributed by atoms with Crippen molar-refractivity contribution in [1.82, 2.24) is 4.90 Å². The monoisotopic (exact) mass is 325 g/mol. The van der Waals surface area contributed by atoms with Crippen LogP contribution in [-0.4, -0.2) is 16.7 Å². The highest BCUT2D eigenvalue weighted by Crippen LogP contribution is 2.48. The Kier molecular flexibility index (Phi) is 4.62. The third kappa shape index (κ3) is 3.04. The number of fused-ring (bicyclic) bond motifs is 1. The maximum Gasteiger partial charge on any atom is 0.254 e. The second-order valence-electron chi connectivity index (χ2n) is 7.98. The Morgan fingerprint density at radius 2 is 1.71 bits per heavy atom. The summed E-state index contributed by atoms with van der Waals surface area (Å²) < 4.78 is 0. The van der Waals surface area contributed by atoms with Crippen molar-refractivity contribution in [2.45, 2.75) is 58.9 Å². The van der Waals surface area contributed by atoms with Gasteiger partial charge in [-0.05, 0) is 53.7 Å². The smallest absolute Gasteiger partial charge is 0.254 e. The van der Waals surface area contributed by atoms with Gasteiger partial charge in [0.15, 0.2) is 0 Å². The zero-order valence-corrected chi connectivity index (χ0v) is 15.1. The SMILES string of the molecule is CC(C)Cc1cccc2c1[C@@H](CC(C)C)C[C@@H]2N1C(=O)C=CC1=O. The van der Waals surface area contributed by atoms with Gasteiger partial charge in [0.1, 0.15) is 0 Å². The Labute approximate surface area is 144 Å². The summed E-state index contributed by atoms with van der Waals surface area (Å²) in [6, 6.07) is 6.31. The van der Waals surface area contributed by atoms with Gasteiger partial charge in [0.2, 0.25) is 0 Å². The summed E-state index contributed by atoms with van der Waals surface area (Å²) in [7, 11) is 0. The van der Waals surface area contributed by atoms with Crippen LogP contribution in [0.2, 0.25) is 0 Å². The molecule has 0 saturated carbocycles. The number of hydrogen-bond acceptors (Lipinski definition) is 2. The van der Waals surface area contributed by atoms with Crippen molar-refractivity contribution in [2.75, 3.05) is 0 Å². The van der Waals surface area contributed by atoms with E-state index < -0.39 is 0 Å². The predicted octanol–water partition coefficient (Wildman–Crippen LogP) is 4.38. The fourth-order valence-electron chi connectivity index (χ4n) is 4.30. The lowest BCUT2D eigenvalue weighted by molar-refractivity contribution is -0.139. The third-order valence-corrected chi connectivity index (χ3v) is 5.04. The fourth-order valence-corrected chi connectivity index (χ4v) is 4.30. The van der Waals surface area contributed by atoms with Gasteiger partial charge >= 0.3 is 0 Å². The first-order valence-electron chi connectivity index (χ1n) is 9.05. The molecule has 1 aliphatic heterocycles. The highest BCUT2D eigenvalue weighted by Gasteiger charge is 2.41. The van der Waals surface area contributed by atoms with E-state index in [9.17, 15) is 9.59 Å². The van der Waals surface area contributed by atoms with Crippen LogP contribution in [0.1, 0.15) is 69.2 Å². The predicted molar refractivity (Wildman–Crippen MR) is 95.5 cm³/mol. The Bertz CT molecular complexity index is 669. The number of imide groups is 1. The van der Waals surface area contributed by atoms with Crippen LogP contribution in [0.25, 0.3) is 0 Å². The molecule has 0 fully saturated rings. The first-order valence-corrected chi connectivity index (χ1v) is 9.05. The largest absolute Gasteiger partial charge is 0.269 e. The standard InChI is InChI=1S/C21H27NO2/c1-13(2)10-15-6-5-7-17-18(22-19(23)8-9-20(22)24)12-16(21(15)17)11-14(3)4/h5-9,13-14,16,18H,10-12H2,1-4H3/t16-,18-/m0/s1. The Hall–Kier alpha value is -1.90. The van der Waals surface area contributed by atoms with Crippen molar-refractivity contribution in [3.8, 4) is 0 Å². The van der Waals surface area contributed by atoms with Gasteiger partial charge in [0, 0.05) is 12.2 Å². The van der Waals surface area contributed by atoms with Crippen LogP contribution >= 0.6 is 0 Å². The lowest BCUT2D eigenvalue weighted by Crippen LogP contribution is -2.33. The molecule has 2 aliphatic rings. The van der Waals surface area contributed by atoms with Crippen LogP contribution in [0.4, 0.5) is 0 Å². The molecule has 0 aromatic heterocycles. The average Bonchev–Trinajstić information content (AvgIpc) is 2.99. The van der Waals surface area contributed by atoms with Gasteiger partial charge in [0.05, 0.1) is 6.04 Å². The van der Waals surface area contributed by atoms with E-state index in [-0.39, 0.29) is 17.9 Å². The van der Waals surface area contributed by atoms with E-state index in [0.29, 0.717) is 17.8 Å². The fraction of sp³-hybridized carbons (Fsp3) is 0.524.